The zero-order valence-corrected chi connectivity index (χ0v) is 20.4. The number of benzene rings is 5. The minimum absolute atomic E-state index is 0.563. The van der Waals surface area contributed by atoms with Crippen LogP contribution in [0.25, 0.3) is 22.3 Å². The minimum Gasteiger partial charge on any atom is -0.311 e. The normalized spacial score (nSPS) is 11.7. The van der Waals surface area contributed by atoms with Crippen molar-refractivity contribution in [3.8, 4) is 22.3 Å². The number of nitrogens with zero attached hydrogens (tertiary/aromatic N) is 1. The first kappa shape index (κ1) is 22.7. The fourth-order valence-electron chi connectivity index (χ4n) is 4.50. The van der Waals surface area contributed by atoms with Crippen LogP contribution in [0, 0.1) is 0 Å². The van der Waals surface area contributed by atoms with Crippen LogP contribution in [-0.4, -0.2) is 0 Å². The van der Waals surface area contributed by atoms with Gasteiger partial charge in [0.15, 0.2) is 0 Å². The molecular weight excluding hydrogens is 422 g/mol. The molecule has 0 fully saturated rings. The zero-order valence-electron chi connectivity index (χ0n) is 20.4. The van der Waals surface area contributed by atoms with E-state index in [0.29, 0.717) is 5.92 Å². The van der Waals surface area contributed by atoms with Crippen LogP contribution in [0.1, 0.15) is 31.7 Å². The van der Waals surface area contributed by atoms with Gasteiger partial charge in [-0.25, -0.2) is 0 Å². The van der Waals surface area contributed by atoms with E-state index in [4.69, 9.17) is 0 Å². The van der Waals surface area contributed by atoms with Crippen LogP contribution >= 0.6 is 0 Å². The smallest absolute Gasteiger partial charge is 0.0462 e. The molecule has 35 heavy (non-hydrogen) atoms. The standard InChI is InChI=1S/C34H31N/c1-3-26(2)27-14-20-32(21-15-27)35(33-22-16-30(17-23-33)28-10-6-4-7-11-28)34-24-18-31(19-25-34)29-12-8-5-9-13-29/h4-26H,3H2,1-2H3. The summed E-state index contributed by atoms with van der Waals surface area (Å²) >= 11 is 0. The summed E-state index contributed by atoms with van der Waals surface area (Å²) in [5, 5.41) is 0. The van der Waals surface area contributed by atoms with Crippen molar-refractivity contribution >= 4 is 17.1 Å². The van der Waals surface area contributed by atoms with Gasteiger partial charge in [-0.15, -0.1) is 0 Å². The molecule has 0 radical (unpaired) electrons. The summed E-state index contributed by atoms with van der Waals surface area (Å²) < 4.78 is 0. The highest BCUT2D eigenvalue weighted by Gasteiger charge is 2.14. The van der Waals surface area contributed by atoms with E-state index in [1.165, 1.54) is 27.8 Å². The van der Waals surface area contributed by atoms with Crippen LogP contribution in [0.4, 0.5) is 17.1 Å². The van der Waals surface area contributed by atoms with Gasteiger partial charge in [0.2, 0.25) is 0 Å². The third-order valence-corrected chi connectivity index (χ3v) is 6.80. The lowest BCUT2D eigenvalue weighted by molar-refractivity contribution is 0.733. The van der Waals surface area contributed by atoms with Gasteiger partial charge in [-0.1, -0.05) is 111 Å². The predicted molar refractivity (Wildman–Crippen MR) is 151 cm³/mol. The van der Waals surface area contributed by atoms with Gasteiger partial charge >= 0.3 is 0 Å². The molecule has 5 aromatic rings. The summed E-state index contributed by atoms with van der Waals surface area (Å²) in [4.78, 5) is 2.34. The van der Waals surface area contributed by atoms with Gasteiger partial charge in [-0.2, -0.15) is 0 Å². The van der Waals surface area contributed by atoms with Gasteiger partial charge < -0.3 is 4.90 Å². The maximum atomic E-state index is 2.34. The van der Waals surface area contributed by atoms with E-state index >= 15 is 0 Å². The molecule has 1 atom stereocenters. The second-order valence-electron chi connectivity index (χ2n) is 9.06. The fraction of sp³-hybridized carbons (Fsp3) is 0.118. The van der Waals surface area contributed by atoms with Crippen molar-refractivity contribution in [1.29, 1.82) is 0 Å². The maximum Gasteiger partial charge on any atom is 0.0462 e. The lowest BCUT2D eigenvalue weighted by Crippen LogP contribution is -2.10. The highest BCUT2D eigenvalue weighted by molar-refractivity contribution is 5.79. The predicted octanol–water partition coefficient (Wildman–Crippen LogP) is 10.0. The van der Waals surface area contributed by atoms with Crippen molar-refractivity contribution in [3.63, 3.8) is 0 Å². The van der Waals surface area contributed by atoms with E-state index < -0.39 is 0 Å². The minimum atomic E-state index is 0.563. The summed E-state index contributed by atoms with van der Waals surface area (Å²) in [6, 6.07) is 47.8. The van der Waals surface area contributed by atoms with Crippen molar-refractivity contribution in [2.45, 2.75) is 26.2 Å². The molecule has 0 saturated heterocycles. The summed E-state index contributed by atoms with van der Waals surface area (Å²) in [6.45, 7) is 4.53. The Kier molecular flexibility index (Phi) is 6.77. The van der Waals surface area contributed by atoms with Crippen LogP contribution in [0.15, 0.2) is 133 Å². The molecule has 0 bridgehead atoms. The van der Waals surface area contributed by atoms with E-state index in [2.05, 4.69) is 152 Å². The Bertz CT molecular complexity index is 1250. The van der Waals surface area contributed by atoms with Crippen LogP contribution in [0.5, 0.6) is 0 Å². The molecule has 5 rings (SSSR count). The second kappa shape index (κ2) is 10.4. The van der Waals surface area contributed by atoms with Crippen LogP contribution in [-0.2, 0) is 0 Å². The summed E-state index contributed by atoms with van der Waals surface area (Å²) in [7, 11) is 0. The topological polar surface area (TPSA) is 3.24 Å². The SMILES string of the molecule is CCC(C)c1ccc(N(c2ccc(-c3ccccc3)cc2)c2ccc(-c3ccccc3)cc2)cc1. The van der Waals surface area contributed by atoms with E-state index in [-0.39, 0.29) is 0 Å². The van der Waals surface area contributed by atoms with Gasteiger partial charge in [0.1, 0.15) is 0 Å². The monoisotopic (exact) mass is 453 g/mol. The molecule has 0 spiro atoms. The highest BCUT2D eigenvalue weighted by Crippen LogP contribution is 2.37. The van der Waals surface area contributed by atoms with Gasteiger partial charge in [0, 0.05) is 17.1 Å². The van der Waals surface area contributed by atoms with Gasteiger partial charge in [-0.05, 0) is 76.6 Å². The van der Waals surface area contributed by atoms with Crippen LogP contribution < -0.4 is 4.90 Å². The van der Waals surface area contributed by atoms with E-state index in [0.717, 1.165) is 23.5 Å². The lowest BCUT2D eigenvalue weighted by Gasteiger charge is -2.26. The summed E-state index contributed by atoms with van der Waals surface area (Å²) in [5.41, 5.74) is 9.75. The highest BCUT2D eigenvalue weighted by atomic mass is 15.1. The van der Waals surface area contributed by atoms with Gasteiger partial charge in [-0.3, -0.25) is 0 Å². The fourth-order valence-corrected chi connectivity index (χ4v) is 4.50. The van der Waals surface area contributed by atoms with E-state index in [1.807, 2.05) is 0 Å². The summed E-state index contributed by atoms with van der Waals surface area (Å²) in [5.74, 6) is 0.563. The molecule has 172 valence electrons. The first-order valence-electron chi connectivity index (χ1n) is 12.4. The number of hydrogen-bond donors (Lipinski definition) is 0. The molecular formula is C34H31N. The molecule has 0 aliphatic rings. The third kappa shape index (κ3) is 5.05. The Hall–Kier alpha value is -4.10. The molecule has 1 heteroatoms. The Morgan fingerprint density at radius 3 is 1.17 bits per heavy atom. The molecule has 0 aliphatic carbocycles. The van der Waals surface area contributed by atoms with Crippen molar-refractivity contribution in [3.05, 3.63) is 139 Å². The molecule has 0 aromatic heterocycles. The Balaban J connectivity index is 1.53. The molecule has 0 N–H and O–H groups in total. The summed E-state index contributed by atoms with van der Waals surface area (Å²) in [6.07, 6.45) is 1.14. The molecule has 1 nitrogen and oxygen atoms in total. The van der Waals surface area contributed by atoms with Gasteiger partial charge in [0.25, 0.3) is 0 Å². The van der Waals surface area contributed by atoms with Crippen LogP contribution in [0.2, 0.25) is 0 Å². The number of anilines is 3. The number of hydrogen-bond acceptors (Lipinski definition) is 1. The van der Waals surface area contributed by atoms with Crippen molar-refractivity contribution in [2.75, 3.05) is 4.90 Å². The number of rotatable bonds is 7. The largest absolute Gasteiger partial charge is 0.311 e. The molecule has 5 aromatic carbocycles. The van der Waals surface area contributed by atoms with Crippen LogP contribution in [0.3, 0.4) is 0 Å². The molecule has 1 unspecified atom stereocenters. The zero-order chi connectivity index (χ0) is 24.0. The Labute approximate surface area is 209 Å². The molecule has 0 saturated carbocycles. The molecule has 0 aliphatic heterocycles. The first-order valence-corrected chi connectivity index (χ1v) is 12.4. The van der Waals surface area contributed by atoms with Crippen molar-refractivity contribution in [2.24, 2.45) is 0 Å². The van der Waals surface area contributed by atoms with Gasteiger partial charge in [0.05, 0.1) is 0 Å². The second-order valence-corrected chi connectivity index (χ2v) is 9.06. The Morgan fingerprint density at radius 2 is 0.800 bits per heavy atom. The maximum absolute atomic E-state index is 2.34. The Morgan fingerprint density at radius 1 is 0.457 bits per heavy atom. The van der Waals surface area contributed by atoms with E-state index in [9.17, 15) is 0 Å². The lowest BCUT2D eigenvalue weighted by atomic mass is 9.98. The quantitative estimate of drug-likeness (QED) is 0.237. The third-order valence-electron chi connectivity index (χ3n) is 6.80. The van der Waals surface area contributed by atoms with Crippen molar-refractivity contribution in [1.82, 2.24) is 0 Å². The van der Waals surface area contributed by atoms with Crippen molar-refractivity contribution < 1.29 is 0 Å². The molecule has 0 heterocycles. The van der Waals surface area contributed by atoms with E-state index in [1.54, 1.807) is 0 Å². The average molecular weight is 454 g/mol. The average Bonchev–Trinajstić information content (AvgIpc) is 2.95. The first-order chi connectivity index (χ1) is 17.2. The molecule has 0 amide bonds.